The Balaban J connectivity index is 1.68. The number of hydrogen-bond donors (Lipinski definition) is 2. The third-order valence-corrected chi connectivity index (χ3v) is 4.85. The molecule has 0 unspecified atom stereocenters. The number of hydrogen-bond acceptors (Lipinski definition) is 4. The Morgan fingerprint density at radius 1 is 1.03 bits per heavy atom. The molecule has 0 saturated carbocycles. The summed E-state index contributed by atoms with van der Waals surface area (Å²) in [5, 5.41) is 12.2. The topological polar surface area (TPSA) is 75.1 Å². The van der Waals surface area contributed by atoms with E-state index in [1.165, 1.54) is 5.56 Å². The number of anilines is 1. The van der Waals surface area contributed by atoms with Crippen LogP contribution in [0, 0.1) is 5.92 Å². The normalized spacial score (nSPS) is 10.9. The Kier molecular flexibility index (Phi) is 7.69. The van der Waals surface area contributed by atoms with E-state index >= 15 is 0 Å². The van der Waals surface area contributed by atoms with Crippen LogP contribution in [-0.4, -0.2) is 21.0 Å². The summed E-state index contributed by atoms with van der Waals surface area (Å²) in [6.07, 6.45) is 4.54. The third kappa shape index (κ3) is 6.22. The molecule has 0 atom stereocenters. The summed E-state index contributed by atoms with van der Waals surface area (Å²) in [6, 6.07) is 17.8. The van der Waals surface area contributed by atoms with Gasteiger partial charge in [0.2, 0.25) is 5.91 Å². The van der Waals surface area contributed by atoms with Crippen molar-refractivity contribution in [1.82, 2.24) is 9.97 Å². The zero-order valence-corrected chi connectivity index (χ0v) is 17.6. The van der Waals surface area contributed by atoms with E-state index < -0.39 is 0 Å². The number of nitrogens with zero attached hydrogens (tertiary/aromatic N) is 2. The second-order valence-electron chi connectivity index (χ2n) is 7.89. The van der Waals surface area contributed by atoms with Gasteiger partial charge in [-0.05, 0) is 36.3 Å². The number of aliphatic hydroxyl groups is 1. The molecule has 0 saturated heterocycles. The maximum atomic E-state index is 12.5. The van der Waals surface area contributed by atoms with Gasteiger partial charge in [0, 0.05) is 12.0 Å². The van der Waals surface area contributed by atoms with Gasteiger partial charge in [0.25, 0.3) is 0 Å². The van der Waals surface area contributed by atoms with Gasteiger partial charge in [0.15, 0.2) is 5.82 Å². The van der Waals surface area contributed by atoms with Gasteiger partial charge in [-0.1, -0.05) is 68.4 Å². The first-order chi connectivity index (χ1) is 14.5. The molecule has 0 fully saturated rings. The minimum Gasteiger partial charge on any atom is -0.392 e. The molecule has 2 aromatic carbocycles. The van der Waals surface area contributed by atoms with E-state index in [0.717, 1.165) is 41.8 Å². The fraction of sp³-hybridized carbons (Fsp3) is 0.320. The SMILES string of the molecule is CC(C)Cc1nc(-c2ccc(CO)cc2)cnc1NC(=O)CCCc1ccccc1. The molecule has 3 rings (SSSR count). The van der Waals surface area contributed by atoms with Gasteiger partial charge in [0.1, 0.15) is 0 Å². The number of rotatable bonds is 9. The Morgan fingerprint density at radius 3 is 2.43 bits per heavy atom. The van der Waals surface area contributed by atoms with Crippen molar-refractivity contribution in [2.24, 2.45) is 5.92 Å². The monoisotopic (exact) mass is 403 g/mol. The molecule has 0 aliphatic carbocycles. The van der Waals surface area contributed by atoms with Crippen molar-refractivity contribution in [2.45, 2.75) is 46.1 Å². The number of carbonyl (C=O) groups excluding carboxylic acids is 1. The van der Waals surface area contributed by atoms with Gasteiger partial charge < -0.3 is 10.4 Å². The first-order valence-electron chi connectivity index (χ1n) is 10.4. The Labute approximate surface area is 178 Å². The number of nitrogens with one attached hydrogen (secondary N) is 1. The van der Waals surface area contributed by atoms with Gasteiger partial charge in [-0.2, -0.15) is 0 Å². The molecule has 30 heavy (non-hydrogen) atoms. The Morgan fingerprint density at radius 2 is 1.77 bits per heavy atom. The summed E-state index contributed by atoms with van der Waals surface area (Å²) in [7, 11) is 0. The van der Waals surface area contributed by atoms with Gasteiger partial charge in [-0.15, -0.1) is 0 Å². The van der Waals surface area contributed by atoms with E-state index in [-0.39, 0.29) is 12.5 Å². The molecule has 5 nitrogen and oxygen atoms in total. The zero-order chi connectivity index (χ0) is 21.3. The lowest BCUT2D eigenvalue weighted by Crippen LogP contribution is -2.16. The van der Waals surface area contributed by atoms with E-state index in [2.05, 4.69) is 36.3 Å². The lowest BCUT2D eigenvalue weighted by atomic mass is 10.1. The number of aliphatic hydroxyl groups excluding tert-OH is 1. The first-order valence-corrected chi connectivity index (χ1v) is 10.4. The van der Waals surface area contributed by atoms with E-state index in [0.29, 0.717) is 18.2 Å². The maximum absolute atomic E-state index is 12.5. The van der Waals surface area contributed by atoms with Crippen LogP contribution >= 0.6 is 0 Å². The summed E-state index contributed by atoms with van der Waals surface area (Å²) in [4.78, 5) is 21.8. The van der Waals surface area contributed by atoms with Crippen molar-refractivity contribution in [3.05, 3.63) is 77.6 Å². The molecular formula is C25H29N3O2. The molecule has 1 amide bonds. The minimum atomic E-state index is -0.0368. The zero-order valence-electron chi connectivity index (χ0n) is 17.6. The average molecular weight is 404 g/mol. The fourth-order valence-electron chi connectivity index (χ4n) is 3.27. The molecule has 1 heterocycles. The molecule has 0 spiro atoms. The average Bonchev–Trinajstić information content (AvgIpc) is 2.75. The lowest BCUT2D eigenvalue weighted by molar-refractivity contribution is -0.116. The van der Waals surface area contributed by atoms with Crippen molar-refractivity contribution in [3.63, 3.8) is 0 Å². The van der Waals surface area contributed by atoms with Crippen LogP contribution in [0.4, 0.5) is 5.82 Å². The van der Waals surface area contributed by atoms with Crippen LogP contribution in [0.25, 0.3) is 11.3 Å². The molecule has 0 radical (unpaired) electrons. The molecule has 1 aromatic heterocycles. The highest BCUT2D eigenvalue weighted by molar-refractivity contribution is 5.90. The van der Waals surface area contributed by atoms with E-state index in [1.807, 2.05) is 42.5 Å². The van der Waals surface area contributed by atoms with Crippen LogP contribution in [0.2, 0.25) is 0 Å². The quantitative estimate of drug-likeness (QED) is 0.538. The highest BCUT2D eigenvalue weighted by Gasteiger charge is 2.13. The van der Waals surface area contributed by atoms with Gasteiger partial charge >= 0.3 is 0 Å². The summed E-state index contributed by atoms with van der Waals surface area (Å²) in [6.45, 7) is 4.26. The van der Waals surface area contributed by atoms with Crippen molar-refractivity contribution in [3.8, 4) is 11.3 Å². The summed E-state index contributed by atoms with van der Waals surface area (Å²) in [5.41, 5.74) is 4.59. The smallest absolute Gasteiger partial charge is 0.225 e. The Hall–Kier alpha value is -3.05. The van der Waals surface area contributed by atoms with Gasteiger partial charge in [-0.3, -0.25) is 4.79 Å². The number of aromatic nitrogens is 2. The van der Waals surface area contributed by atoms with Crippen LogP contribution in [0.5, 0.6) is 0 Å². The van der Waals surface area contributed by atoms with Crippen LogP contribution in [0.3, 0.4) is 0 Å². The Bertz CT molecular complexity index is 954. The fourth-order valence-corrected chi connectivity index (χ4v) is 3.27. The van der Waals surface area contributed by atoms with E-state index in [4.69, 9.17) is 4.98 Å². The molecule has 5 heteroatoms. The van der Waals surface area contributed by atoms with Crippen LogP contribution < -0.4 is 5.32 Å². The molecule has 3 aromatic rings. The predicted molar refractivity (Wildman–Crippen MR) is 120 cm³/mol. The first kappa shape index (κ1) is 21.7. The highest BCUT2D eigenvalue weighted by atomic mass is 16.3. The highest BCUT2D eigenvalue weighted by Crippen LogP contribution is 2.22. The van der Waals surface area contributed by atoms with Crippen molar-refractivity contribution in [2.75, 3.05) is 5.32 Å². The minimum absolute atomic E-state index is 0.0137. The van der Waals surface area contributed by atoms with E-state index in [1.54, 1.807) is 6.20 Å². The van der Waals surface area contributed by atoms with Crippen molar-refractivity contribution in [1.29, 1.82) is 0 Å². The number of carbonyl (C=O) groups is 1. The standard InChI is InChI=1S/C25H29N3O2/c1-18(2)15-22-25(28-24(30)10-6-9-19-7-4-3-5-8-19)26-16-23(27-22)21-13-11-20(17-29)12-14-21/h3-5,7-8,11-14,16,18,29H,6,9-10,15,17H2,1-2H3,(H,26,28,30). The molecule has 156 valence electrons. The summed E-state index contributed by atoms with van der Waals surface area (Å²) in [5.74, 6) is 0.898. The number of benzene rings is 2. The molecule has 2 N–H and O–H groups in total. The van der Waals surface area contributed by atoms with Crippen molar-refractivity contribution >= 4 is 11.7 Å². The molecule has 0 aliphatic heterocycles. The van der Waals surface area contributed by atoms with Gasteiger partial charge in [0.05, 0.1) is 24.2 Å². The molecule has 0 aliphatic rings. The largest absolute Gasteiger partial charge is 0.392 e. The maximum Gasteiger partial charge on any atom is 0.225 e. The number of amides is 1. The van der Waals surface area contributed by atoms with Gasteiger partial charge in [-0.25, -0.2) is 9.97 Å². The second-order valence-corrected chi connectivity index (χ2v) is 7.89. The summed E-state index contributed by atoms with van der Waals surface area (Å²) < 4.78 is 0. The second kappa shape index (κ2) is 10.6. The van der Waals surface area contributed by atoms with Crippen LogP contribution in [-0.2, 0) is 24.2 Å². The third-order valence-electron chi connectivity index (χ3n) is 4.85. The molecule has 0 bridgehead atoms. The van der Waals surface area contributed by atoms with Crippen molar-refractivity contribution < 1.29 is 9.90 Å². The summed E-state index contributed by atoms with van der Waals surface area (Å²) >= 11 is 0. The van der Waals surface area contributed by atoms with Crippen LogP contribution in [0.15, 0.2) is 60.8 Å². The van der Waals surface area contributed by atoms with E-state index in [9.17, 15) is 9.90 Å². The molecular weight excluding hydrogens is 374 g/mol. The predicted octanol–water partition coefficient (Wildman–Crippen LogP) is 4.80. The van der Waals surface area contributed by atoms with Crippen LogP contribution in [0.1, 0.15) is 43.5 Å². The lowest BCUT2D eigenvalue weighted by Gasteiger charge is -2.13. The number of aryl methyl sites for hydroxylation is 1.